The number of rotatable bonds is 4. The Kier molecular flexibility index (Phi) is 4.09. The van der Waals surface area contributed by atoms with Gasteiger partial charge in [0, 0.05) is 25.9 Å². The molecule has 2 aliphatic rings. The third kappa shape index (κ3) is 2.83. The summed E-state index contributed by atoms with van der Waals surface area (Å²) < 4.78 is 5.25. The van der Waals surface area contributed by atoms with Gasteiger partial charge in [0.25, 0.3) is 5.91 Å². The molecule has 8 heteroatoms. The molecule has 1 aromatic rings. The van der Waals surface area contributed by atoms with E-state index in [4.69, 9.17) is 4.52 Å². The van der Waals surface area contributed by atoms with Gasteiger partial charge >= 0.3 is 6.03 Å². The van der Waals surface area contributed by atoms with Crippen molar-refractivity contribution in [2.24, 2.45) is 5.92 Å². The summed E-state index contributed by atoms with van der Waals surface area (Å²) in [5, 5.41) is 6.77. The molecule has 1 N–H and O–H groups in total. The van der Waals surface area contributed by atoms with Gasteiger partial charge in [-0.25, -0.2) is 4.79 Å². The van der Waals surface area contributed by atoms with Crippen LogP contribution < -0.4 is 5.32 Å². The Morgan fingerprint density at radius 3 is 2.83 bits per heavy atom. The minimum atomic E-state index is -0.825. The van der Waals surface area contributed by atoms with Gasteiger partial charge < -0.3 is 9.84 Å². The average molecular weight is 321 g/mol. The van der Waals surface area contributed by atoms with Crippen LogP contribution in [0.4, 0.5) is 4.79 Å². The van der Waals surface area contributed by atoms with Gasteiger partial charge in [-0.15, -0.1) is 0 Å². The zero-order chi connectivity index (χ0) is 16.6. The molecule has 1 aromatic heterocycles. The first-order valence-electron chi connectivity index (χ1n) is 8.08. The molecule has 2 aliphatic heterocycles. The highest BCUT2D eigenvalue weighted by Gasteiger charge is 2.51. The fourth-order valence-electron chi connectivity index (χ4n) is 3.44. The van der Waals surface area contributed by atoms with Gasteiger partial charge in [0.15, 0.2) is 5.82 Å². The summed E-state index contributed by atoms with van der Waals surface area (Å²) in [4.78, 5) is 31.9. The standard InChI is InChI=1S/C15H23N5O3/c1-4-11-16-12(23-18-11)9-20-7-5-6-10(8-20)15(2)13(21)19(3)14(22)17-15/h10H,4-9H2,1-3H3,(H,17,22)/t10-,15-/m1/s1. The number of piperidine rings is 1. The summed E-state index contributed by atoms with van der Waals surface area (Å²) in [5.74, 6) is 1.23. The minimum Gasteiger partial charge on any atom is -0.338 e. The van der Waals surface area contributed by atoms with E-state index in [2.05, 4.69) is 20.4 Å². The third-order valence-electron chi connectivity index (χ3n) is 4.93. The van der Waals surface area contributed by atoms with Crippen molar-refractivity contribution in [2.45, 2.75) is 45.2 Å². The van der Waals surface area contributed by atoms with Crippen molar-refractivity contribution in [1.82, 2.24) is 25.3 Å². The number of amides is 3. The summed E-state index contributed by atoms with van der Waals surface area (Å²) >= 11 is 0. The Balaban J connectivity index is 1.68. The van der Waals surface area contributed by atoms with E-state index in [1.165, 1.54) is 11.9 Å². The van der Waals surface area contributed by atoms with Gasteiger partial charge in [-0.2, -0.15) is 4.98 Å². The fraction of sp³-hybridized carbons (Fsp3) is 0.733. The van der Waals surface area contributed by atoms with Crippen LogP contribution in [0.3, 0.4) is 0 Å². The monoisotopic (exact) mass is 321 g/mol. The topological polar surface area (TPSA) is 91.6 Å². The van der Waals surface area contributed by atoms with Gasteiger partial charge in [0.05, 0.1) is 6.54 Å². The van der Waals surface area contributed by atoms with E-state index < -0.39 is 5.54 Å². The zero-order valence-corrected chi connectivity index (χ0v) is 13.8. The second kappa shape index (κ2) is 5.92. The molecule has 2 fully saturated rings. The van der Waals surface area contributed by atoms with E-state index in [9.17, 15) is 9.59 Å². The lowest BCUT2D eigenvalue weighted by atomic mass is 9.80. The molecule has 0 saturated carbocycles. The zero-order valence-electron chi connectivity index (χ0n) is 13.8. The molecule has 126 valence electrons. The second-order valence-corrected chi connectivity index (χ2v) is 6.53. The van der Waals surface area contributed by atoms with Gasteiger partial charge in [-0.3, -0.25) is 14.6 Å². The van der Waals surface area contributed by atoms with Crippen molar-refractivity contribution >= 4 is 11.9 Å². The molecule has 0 bridgehead atoms. The third-order valence-corrected chi connectivity index (χ3v) is 4.93. The van der Waals surface area contributed by atoms with Gasteiger partial charge in [-0.05, 0) is 26.3 Å². The molecule has 8 nitrogen and oxygen atoms in total. The predicted octanol–water partition coefficient (Wildman–Crippen LogP) is 0.784. The number of aryl methyl sites for hydroxylation is 1. The Morgan fingerprint density at radius 2 is 2.22 bits per heavy atom. The first-order chi connectivity index (χ1) is 10.9. The van der Waals surface area contributed by atoms with E-state index in [0.717, 1.165) is 32.4 Å². The van der Waals surface area contributed by atoms with Crippen molar-refractivity contribution < 1.29 is 14.1 Å². The SMILES string of the molecule is CCc1noc(CN2CCC[C@@H]([C@@]3(C)NC(=O)N(C)C3=O)C2)n1. The fourth-order valence-corrected chi connectivity index (χ4v) is 3.44. The van der Waals surface area contributed by atoms with Crippen molar-refractivity contribution in [2.75, 3.05) is 20.1 Å². The Labute approximate surface area is 135 Å². The number of imide groups is 1. The quantitative estimate of drug-likeness (QED) is 0.824. The molecule has 3 heterocycles. The molecule has 23 heavy (non-hydrogen) atoms. The van der Waals surface area contributed by atoms with Crippen LogP contribution >= 0.6 is 0 Å². The molecular weight excluding hydrogens is 298 g/mol. The van der Waals surface area contributed by atoms with Crippen molar-refractivity contribution in [3.05, 3.63) is 11.7 Å². The van der Waals surface area contributed by atoms with Crippen LogP contribution in [-0.2, 0) is 17.8 Å². The summed E-state index contributed by atoms with van der Waals surface area (Å²) in [6, 6.07) is -0.320. The largest absolute Gasteiger partial charge is 0.338 e. The second-order valence-electron chi connectivity index (χ2n) is 6.53. The van der Waals surface area contributed by atoms with E-state index in [1.54, 1.807) is 0 Å². The number of nitrogens with zero attached hydrogens (tertiary/aromatic N) is 4. The van der Waals surface area contributed by atoms with Crippen LogP contribution in [-0.4, -0.2) is 57.6 Å². The first-order valence-corrected chi connectivity index (χ1v) is 8.08. The Morgan fingerprint density at radius 1 is 1.43 bits per heavy atom. The summed E-state index contributed by atoms with van der Waals surface area (Å²) in [6.07, 6.45) is 2.63. The smallest absolute Gasteiger partial charge is 0.324 e. The molecule has 3 rings (SSSR count). The van der Waals surface area contributed by atoms with Crippen molar-refractivity contribution in [3.63, 3.8) is 0 Å². The minimum absolute atomic E-state index is 0.0752. The highest BCUT2D eigenvalue weighted by atomic mass is 16.5. The molecule has 0 radical (unpaired) electrons. The van der Waals surface area contributed by atoms with Gasteiger partial charge in [-0.1, -0.05) is 12.1 Å². The normalized spacial score (nSPS) is 29.2. The Hall–Kier alpha value is -1.96. The number of hydrogen-bond donors (Lipinski definition) is 1. The van der Waals surface area contributed by atoms with Crippen molar-refractivity contribution in [1.29, 1.82) is 0 Å². The Bertz CT molecular complexity index is 616. The van der Waals surface area contributed by atoms with E-state index in [-0.39, 0.29) is 17.9 Å². The summed E-state index contributed by atoms with van der Waals surface area (Å²) in [6.45, 7) is 6.04. The number of carbonyl (C=O) groups is 2. The lowest BCUT2D eigenvalue weighted by molar-refractivity contribution is -0.132. The van der Waals surface area contributed by atoms with Gasteiger partial charge in [0.1, 0.15) is 5.54 Å². The molecule has 0 spiro atoms. The van der Waals surface area contributed by atoms with E-state index in [0.29, 0.717) is 18.3 Å². The van der Waals surface area contributed by atoms with Crippen LogP contribution in [0.2, 0.25) is 0 Å². The van der Waals surface area contributed by atoms with Crippen molar-refractivity contribution in [3.8, 4) is 0 Å². The molecular formula is C15H23N5O3. The molecule has 2 saturated heterocycles. The molecule has 0 aromatic carbocycles. The molecule has 3 amide bonds. The maximum absolute atomic E-state index is 12.4. The van der Waals surface area contributed by atoms with Crippen LogP contribution in [0.25, 0.3) is 0 Å². The maximum atomic E-state index is 12.4. The highest BCUT2D eigenvalue weighted by molar-refractivity contribution is 6.06. The van der Waals surface area contributed by atoms with Crippen LogP contribution in [0, 0.1) is 5.92 Å². The van der Waals surface area contributed by atoms with Gasteiger partial charge in [0.2, 0.25) is 5.89 Å². The number of likely N-dealkylation sites (tertiary alicyclic amines) is 1. The molecule has 2 atom stereocenters. The first kappa shape index (κ1) is 15.9. The maximum Gasteiger partial charge on any atom is 0.324 e. The number of aromatic nitrogens is 2. The van der Waals surface area contributed by atoms with Crippen LogP contribution in [0.1, 0.15) is 38.4 Å². The van der Waals surface area contributed by atoms with Crippen LogP contribution in [0.15, 0.2) is 4.52 Å². The molecule has 0 unspecified atom stereocenters. The number of nitrogens with one attached hydrogen (secondary N) is 1. The summed E-state index contributed by atoms with van der Waals surface area (Å²) in [7, 11) is 1.52. The van der Waals surface area contributed by atoms with Crippen LogP contribution in [0.5, 0.6) is 0 Å². The lowest BCUT2D eigenvalue weighted by Gasteiger charge is -2.39. The lowest BCUT2D eigenvalue weighted by Crippen LogP contribution is -2.55. The number of hydrogen-bond acceptors (Lipinski definition) is 6. The van der Waals surface area contributed by atoms with E-state index >= 15 is 0 Å². The number of urea groups is 1. The van der Waals surface area contributed by atoms with E-state index in [1.807, 2.05) is 13.8 Å². The summed E-state index contributed by atoms with van der Waals surface area (Å²) in [5.41, 5.74) is -0.825. The highest BCUT2D eigenvalue weighted by Crippen LogP contribution is 2.32. The number of likely N-dealkylation sites (N-methyl/N-ethyl adjacent to an activating group) is 1. The predicted molar refractivity (Wildman–Crippen MR) is 81.4 cm³/mol. The molecule has 0 aliphatic carbocycles. The number of carbonyl (C=O) groups excluding carboxylic acids is 2. The average Bonchev–Trinajstić information content (AvgIpc) is 3.07.